The van der Waals surface area contributed by atoms with Crippen LogP contribution in [0.4, 0.5) is 4.79 Å². The molecular weight excluding hydrogens is 266 g/mol. The third-order valence-electron chi connectivity index (χ3n) is 1.81. The number of aliphatic hydroxyl groups is 1. The molecular formula is C8H17N3O6S. The first kappa shape index (κ1) is 16.6. The lowest BCUT2D eigenvalue weighted by Gasteiger charge is -2.12. The second kappa shape index (κ2) is 7.84. The molecule has 0 bridgehead atoms. The maximum Gasteiger partial charge on any atom is 0.328 e. The highest BCUT2D eigenvalue weighted by molar-refractivity contribution is 7.89. The number of carbonyl (C=O) groups is 2. The standard InChI is InChI=1S/C8H17N3O6S/c1-2-10-18(16,17)4-3-9-8(15)11-6(5-12)7(13)14/h6,10,12H,2-5H2,1H3,(H,13,14)(H2,9,11,15)/t6-/m0/s1. The minimum atomic E-state index is -3.44. The van der Waals surface area contributed by atoms with Gasteiger partial charge in [0.2, 0.25) is 10.0 Å². The zero-order chi connectivity index (χ0) is 14.2. The molecule has 0 aromatic heterocycles. The molecule has 0 spiro atoms. The first-order chi connectivity index (χ1) is 8.32. The first-order valence-corrected chi connectivity index (χ1v) is 6.83. The van der Waals surface area contributed by atoms with Crippen molar-refractivity contribution in [1.82, 2.24) is 15.4 Å². The van der Waals surface area contributed by atoms with E-state index in [0.717, 1.165) is 0 Å². The Morgan fingerprint density at radius 3 is 2.39 bits per heavy atom. The molecule has 0 fully saturated rings. The van der Waals surface area contributed by atoms with Gasteiger partial charge in [-0.1, -0.05) is 6.92 Å². The second-order valence-corrected chi connectivity index (χ2v) is 5.22. The largest absolute Gasteiger partial charge is 0.480 e. The monoisotopic (exact) mass is 283 g/mol. The fourth-order valence-corrected chi connectivity index (χ4v) is 1.94. The van der Waals surface area contributed by atoms with Gasteiger partial charge in [-0.15, -0.1) is 0 Å². The van der Waals surface area contributed by atoms with E-state index in [4.69, 9.17) is 10.2 Å². The van der Waals surface area contributed by atoms with Gasteiger partial charge in [0.05, 0.1) is 12.4 Å². The van der Waals surface area contributed by atoms with Crippen LogP contribution in [0.1, 0.15) is 6.92 Å². The molecule has 0 aliphatic carbocycles. The molecule has 9 nitrogen and oxygen atoms in total. The number of carboxylic acids is 1. The van der Waals surface area contributed by atoms with E-state index in [1.54, 1.807) is 6.92 Å². The number of urea groups is 1. The molecule has 0 radical (unpaired) electrons. The van der Waals surface area contributed by atoms with Crippen LogP contribution in [-0.2, 0) is 14.8 Å². The molecule has 0 aliphatic heterocycles. The van der Waals surface area contributed by atoms with Gasteiger partial charge in [-0.25, -0.2) is 22.7 Å². The Hall–Kier alpha value is -1.39. The van der Waals surface area contributed by atoms with E-state index >= 15 is 0 Å². The molecule has 0 unspecified atom stereocenters. The maximum absolute atomic E-state index is 11.2. The molecule has 10 heteroatoms. The Morgan fingerprint density at radius 1 is 1.33 bits per heavy atom. The van der Waals surface area contributed by atoms with Crippen molar-refractivity contribution in [3.8, 4) is 0 Å². The predicted molar refractivity (Wildman–Crippen MR) is 62.5 cm³/mol. The summed E-state index contributed by atoms with van der Waals surface area (Å²) in [5.41, 5.74) is 0. The first-order valence-electron chi connectivity index (χ1n) is 5.17. The number of nitrogens with one attached hydrogen (secondary N) is 3. The number of aliphatic hydroxyl groups excluding tert-OH is 1. The lowest BCUT2D eigenvalue weighted by Crippen LogP contribution is -2.49. The molecule has 0 saturated carbocycles. The molecule has 5 N–H and O–H groups in total. The fourth-order valence-electron chi connectivity index (χ4n) is 0.986. The summed E-state index contributed by atoms with van der Waals surface area (Å²) in [5, 5.41) is 21.3. The van der Waals surface area contributed by atoms with Crippen LogP contribution >= 0.6 is 0 Å². The van der Waals surface area contributed by atoms with Crippen LogP contribution < -0.4 is 15.4 Å². The Kier molecular flexibility index (Phi) is 7.24. The topological polar surface area (TPSA) is 145 Å². The summed E-state index contributed by atoms with van der Waals surface area (Å²) >= 11 is 0. The molecule has 1 atom stereocenters. The van der Waals surface area contributed by atoms with Crippen LogP contribution in [-0.4, -0.2) is 62.1 Å². The second-order valence-electron chi connectivity index (χ2n) is 3.29. The normalized spacial score (nSPS) is 12.8. The Labute approximate surface area is 105 Å². The average Bonchev–Trinajstić information content (AvgIpc) is 2.24. The average molecular weight is 283 g/mol. The van der Waals surface area contributed by atoms with E-state index in [0.29, 0.717) is 0 Å². The van der Waals surface area contributed by atoms with Crippen molar-refractivity contribution < 1.29 is 28.2 Å². The lowest BCUT2D eigenvalue weighted by molar-refractivity contribution is -0.140. The van der Waals surface area contributed by atoms with Gasteiger partial charge in [0, 0.05) is 13.1 Å². The highest BCUT2D eigenvalue weighted by Crippen LogP contribution is 1.84. The van der Waals surface area contributed by atoms with Crippen LogP contribution in [0.3, 0.4) is 0 Å². The molecule has 2 amide bonds. The summed E-state index contributed by atoms with van der Waals surface area (Å²) in [7, 11) is -3.44. The number of carboxylic acid groups (broad SMARTS) is 1. The lowest BCUT2D eigenvalue weighted by atomic mass is 10.3. The van der Waals surface area contributed by atoms with Crippen molar-refractivity contribution in [2.24, 2.45) is 0 Å². The van der Waals surface area contributed by atoms with Crippen LogP contribution in [0.15, 0.2) is 0 Å². The van der Waals surface area contributed by atoms with Gasteiger partial charge in [-0.3, -0.25) is 0 Å². The van der Waals surface area contributed by atoms with E-state index < -0.39 is 34.7 Å². The van der Waals surface area contributed by atoms with Crippen molar-refractivity contribution in [1.29, 1.82) is 0 Å². The Morgan fingerprint density at radius 2 is 1.94 bits per heavy atom. The highest BCUT2D eigenvalue weighted by atomic mass is 32.2. The van der Waals surface area contributed by atoms with Crippen LogP contribution in [0.5, 0.6) is 0 Å². The summed E-state index contributed by atoms with van der Waals surface area (Å²) in [6.45, 7) is 0.952. The van der Waals surface area contributed by atoms with Crippen LogP contribution in [0.25, 0.3) is 0 Å². The molecule has 18 heavy (non-hydrogen) atoms. The molecule has 0 aromatic rings. The minimum Gasteiger partial charge on any atom is -0.480 e. The third-order valence-corrected chi connectivity index (χ3v) is 3.28. The van der Waals surface area contributed by atoms with Crippen molar-refractivity contribution in [3.05, 3.63) is 0 Å². The molecule has 106 valence electrons. The van der Waals surface area contributed by atoms with E-state index in [2.05, 4.69) is 10.0 Å². The van der Waals surface area contributed by atoms with Crippen LogP contribution in [0.2, 0.25) is 0 Å². The number of rotatable bonds is 8. The smallest absolute Gasteiger partial charge is 0.328 e. The molecule has 0 saturated heterocycles. The van der Waals surface area contributed by atoms with E-state index in [9.17, 15) is 18.0 Å². The SMILES string of the molecule is CCNS(=O)(=O)CCNC(=O)N[C@@H](CO)C(=O)O. The summed E-state index contributed by atoms with van der Waals surface area (Å²) in [5.74, 6) is -1.70. The fraction of sp³-hybridized carbons (Fsp3) is 0.750. The molecule has 0 rings (SSSR count). The Balaban J connectivity index is 4.01. The predicted octanol–water partition coefficient (Wildman–Crippen LogP) is -2.33. The zero-order valence-corrected chi connectivity index (χ0v) is 10.7. The molecule has 0 aromatic carbocycles. The summed E-state index contributed by atoms with van der Waals surface area (Å²) in [4.78, 5) is 21.6. The summed E-state index contributed by atoms with van der Waals surface area (Å²) in [6.07, 6.45) is 0. The van der Waals surface area contributed by atoms with Gasteiger partial charge < -0.3 is 20.8 Å². The van der Waals surface area contributed by atoms with Gasteiger partial charge in [0.15, 0.2) is 6.04 Å². The van der Waals surface area contributed by atoms with Crippen molar-refractivity contribution >= 4 is 22.0 Å². The number of amides is 2. The third kappa shape index (κ3) is 7.04. The number of hydrogen-bond donors (Lipinski definition) is 5. The number of sulfonamides is 1. The van der Waals surface area contributed by atoms with Gasteiger partial charge in [-0.2, -0.15) is 0 Å². The summed E-state index contributed by atoms with van der Waals surface area (Å²) < 4.78 is 24.6. The molecule has 0 aliphatic rings. The van der Waals surface area contributed by atoms with Crippen molar-refractivity contribution in [2.75, 3.05) is 25.4 Å². The van der Waals surface area contributed by atoms with E-state index in [-0.39, 0.29) is 18.8 Å². The molecule has 0 heterocycles. The van der Waals surface area contributed by atoms with E-state index in [1.807, 2.05) is 5.32 Å². The number of aliphatic carboxylic acids is 1. The highest BCUT2D eigenvalue weighted by Gasteiger charge is 2.18. The van der Waals surface area contributed by atoms with Gasteiger partial charge >= 0.3 is 12.0 Å². The van der Waals surface area contributed by atoms with Crippen molar-refractivity contribution in [3.63, 3.8) is 0 Å². The minimum absolute atomic E-state index is 0.168. The van der Waals surface area contributed by atoms with Gasteiger partial charge in [-0.05, 0) is 0 Å². The van der Waals surface area contributed by atoms with Gasteiger partial charge in [0.25, 0.3) is 0 Å². The van der Waals surface area contributed by atoms with Gasteiger partial charge in [0.1, 0.15) is 0 Å². The van der Waals surface area contributed by atoms with Crippen molar-refractivity contribution in [2.45, 2.75) is 13.0 Å². The van der Waals surface area contributed by atoms with E-state index in [1.165, 1.54) is 0 Å². The Bertz CT molecular complexity index is 382. The quantitative estimate of drug-likeness (QED) is 0.338. The number of hydrogen-bond acceptors (Lipinski definition) is 5. The maximum atomic E-state index is 11.2. The van der Waals surface area contributed by atoms with Crippen LogP contribution in [0, 0.1) is 0 Å². The zero-order valence-electron chi connectivity index (χ0n) is 9.84. The summed E-state index contributed by atoms with van der Waals surface area (Å²) in [6, 6.07) is -2.28. The number of carbonyl (C=O) groups excluding carboxylic acids is 1.